The second-order valence-corrected chi connectivity index (χ2v) is 6.77. The molecule has 0 heterocycles. The van der Waals surface area contributed by atoms with Crippen LogP contribution >= 0.6 is 0 Å². The van der Waals surface area contributed by atoms with Gasteiger partial charge in [0.1, 0.15) is 16.1 Å². The highest BCUT2D eigenvalue weighted by Crippen LogP contribution is 2.29. The number of carbonyl (C=O) groups is 4. The Labute approximate surface area is 135 Å². The van der Waals surface area contributed by atoms with Gasteiger partial charge in [0.05, 0.1) is 4.90 Å². The van der Waals surface area contributed by atoms with Crippen LogP contribution in [0, 0.1) is 6.92 Å². The standard InChI is InChI=1S/C15H10O8S/c1-7-2-4-8(5-3-7)24(22,23)13-11(15(20)21)10(16)6-9(12(13)17)14(18)19/h2-6H,1H3,(H,18,19)(H,20,21). The van der Waals surface area contributed by atoms with Gasteiger partial charge in [0.2, 0.25) is 15.6 Å². The maximum atomic E-state index is 12.6. The summed E-state index contributed by atoms with van der Waals surface area (Å²) in [5.74, 6) is -6.67. The van der Waals surface area contributed by atoms with E-state index in [1.165, 1.54) is 12.1 Å². The van der Waals surface area contributed by atoms with Crippen molar-refractivity contribution in [1.82, 2.24) is 0 Å². The summed E-state index contributed by atoms with van der Waals surface area (Å²) in [6.45, 7) is 1.68. The quantitative estimate of drug-likeness (QED) is 0.582. The number of carboxylic acids is 2. The van der Waals surface area contributed by atoms with Crippen molar-refractivity contribution in [2.24, 2.45) is 0 Å². The largest absolute Gasteiger partial charge is 0.478 e. The molecule has 0 aliphatic heterocycles. The third-order valence-corrected chi connectivity index (χ3v) is 5.06. The smallest absolute Gasteiger partial charge is 0.341 e. The molecule has 24 heavy (non-hydrogen) atoms. The van der Waals surface area contributed by atoms with E-state index in [1.54, 1.807) is 6.92 Å². The molecule has 1 aliphatic rings. The van der Waals surface area contributed by atoms with Gasteiger partial charge in [-0.15, -0.1) is 0 Å². The van der Waals surface area contributed by atoms with Crippen LogP contribution in [-0.2, 0) is 29.0 Å². The second-order valence-electron chi connectivity index (χ2n) is 4.88. The molecular formula is C15H10O8S. The predicted octanol–water partition coefficient (Wildman–Crippen LogP) is 0.270. The van der Waals surface area contributed by atoms with E-state index in [1.807, 2.05) is 0 Å². The monoisotopic (exact) mass is 350 g/mol. The van der Waals surface area contributed by atoms with Crippen LogP contribution in [0.25, 0.3) is 0 Å². The van der Waals surface area contributed by atoms with Gasteiger partial charge in [-0.25, -0.2) is 18.0 Å². The predicted molar refractivity (Wildman–Crippen MR) is 78.8 cm³/mol. The summed E-state index contributed by atoms with van der Waals surface area (Å²) in [6.07, 6.45) is 0.308. The molecule has 0 aromatic heterocycles. The molecule has 1 aromatic carbocycles. The highest BCUT2D eigenvalue weighted by atomic mass is 32.2. The van der Waals surface area contributed by atoms with Gasteiger partial charge in [0.15, 0.2) is 5.78 Å². The fourth-order valence-corrected chi connectivity index (χ4v) is 3.61. The van der Waals surface area contributed by atoms with E-state index in [9.17, 15) is 27.6 Å². The highest BCUT2D eigenvalue weighted by Gasteiger charge is 2.42. The van der Waals surface area contributed by atoms with E-state index >= 15 is 0 Å². The molecule has 2 rings (SSSR count). The number of Topliss-reactive ketones (excluding diaryl/α,β-unsaturated/α-hetero) is 1. The van der Waals surface area contributed by atoms with Gasteiger partial charge in [-0.1, -0.05) is 17.7 Å². The number of benzene rings is 1. The molecule has 0 unspecified atom stereocenters. The van der Waals surface area contributed by atoms with E-state index < -0.39 is 54.3 Å². The van der Waals surface area contributed by atoms with Crippen molar-refractivity contribution < 1.29 is 37.8 Å². The van der Waals surface area contributed by atoms with Crippen molar-refractivity contribution in [1.29, 1.82) is 0 Å². The van der Waals surface area contributed by atoms with Gasteiger partial charge < -0.3 is 10.2 Å². The Bertz CT molecular complexity index is 946. The summed E-state index contributed by atoms with van der Waals surface area (Å²) in [6, 6.07) is 5.09. The number of aryl methyl sites for hydroxylation is 1. The fraction of sp³-hybridized carbons (Fsp3) is 0.0667. The molecular weight excluding hydrogens is 340 g/mol. The molecule has 0 atom stereocenters. The average Bonchev–Trinajstić information content (AvgIpc) is 2.48. The summed E-state index contributed by atoms with van der Waals surface area (Å²) in [5, 5.41) is 18.0. The van der Waals surface area contributed by atoms with Crippen LogP contribution in [0.1, 0.15) is 5.56 Å². The highest BCUT2D eigenvalue weighted by molar-refractivity contribution is 7.96. The van der Waals surface area contributed by atoms with Gasteiger partial charge in [-0.2, -0.15) is 0 Å². The normalized spacial score (nSPS) is 15.3. The number of sulfone groups is 1. The number of carbonyl (C=O) groups excluding carboxylic acids is 2. The minimum atomic E-state index is -4.70. The van der Waals surface area contributed by atoms with Crippen molar-refractivity contribution in [2.75, 3.05) is 0 Å². The fourth-order valence-electron chi connectivity index (χ4n) is 2.07. The lowest BCUT2D eigenvalue weighted by molar-refractivity contribution is -0.137. The second kappa shape index (κ2) is 5.85. The molecule has 0 spiro atoms. The lowest BCUT2D eigenvalue weighted by atomic mass is 9.97. The molecule has 124 valence electrons. The number of carboxylic acid groups (broad SMARTS) is 2. The lowest BCUT2D eigenvalue weighted by Gasteiger charge is -2.15. The van der Waals surface area contributed by atoms with Crippen LogP contribution < -0.4 is 0 Å². The Morgan fingerprint density at radius 2 is 1.50 bits per heavy atom. The summed E-state index contributed by atoms with van der Waals surface area (Å²) in [4.78, 5) is 44.6. The molecule has 9 heteroatoms. The number of rotatable bonds is 4. The van der Waals surface area contributed by atoms with Gasteiger partial charge in [-0.05, 0) is 19.1 Å². The van der Waals surface area contributed by atoms with Crippen LogP contribution in [0.5, 0.6) is 0 Å². The third kappa shape index (κ3) is 2.76. The van der Waals surface area contributed by atoms with Gasteiger partial charge in [0, 0.05) is 6.08 Å². The summed E-state index contributed by atoms with van der Waals surface area (Å²) in [7, 11) is -4.70. The molecule has 0 bridgehead atoms. The van der Waals surface area contributed by atoms with Crippen LogP contribution in [0.3, 0.4) is 0 Å². The molecule has 8 nitrogen and oxygen atoms in total. The van der Waals surface area contributed by atoms with E-state index in [0.717, 1.165) is 12.1 Å². The van der Waals surface area contributed by atoms with E-state index in [4.69, 9.17) is 10.2 Å². The van der Waals surface area contributed by atoms with Gasteiger partial charge >= 0.3 is 11.9 Å². The molecule has 1 aliphatic carbocycles. The Balaban J connectivity index is 2.79. The molecule has 0 saturated carbocycles. The number of aliphatic carboxylic acids is 2. The average molecular weight is 350 g/mol. The zero-order chi connectivity index (χ0) is 18.2. The first-order chi connectivity index (χ1) is 11.1. The zero-order valence-electron chi connectivity index (χ0n) is 12.1. The minimum absolute atomic E-state index is 0.308. The SMILES string of the molecule is Cc1ccc(S(=O)(=O)C2=C(C(=O)O)C(=O)C=C(C(=O)O)C2=O)cc1. The van der Waals surface area contributed by atoms with E-state index in [2.05, 4.69) is 0 Å². The maximum Gasteiger partial charge on any atom is 0.341 e. The van der Waals surface area contributed by atoms with E-state index in [0.29, 0.717) is 11.6 Å². The molecule has 1 aromatic rings. The number of allylic oxidation sites excluding steroid dienone is 2. The van der Waals surface area contributed by atoms with Gasteiger partial charge in [0.25, 0.3) is 0 Å². The van der Waals surface area contributed by atoms with Crippen molar-refractivity contribution >= 4 is 33.3 Å². The van der Waals surface area contributed by atoms with Crippen molar-refractivity contribution in [2.45, 2.75) is 11.8 Å². The maximum absolute atomic E-state index is 12.6. The van der Waals surface area contributed by atoms with Crippen molar-refractivity contribution in [3.63, 3.8) is 0 Å². The molecule has 0 saturated heterocycles. The number of ketones is 2. The Morgan fingerprint density at radius 3 is 1.96 bits per heavy atom. The zero-order valence-corrected chi connectivity index (χ0v) is 13.0. The van der Waals surface area contributed by atoms with Crippen LogP contribution in [0.15, 0.2) is 51.3 Å². The number of hydrogen-bond donors (Lipinski definition) is 2. The third-order valence-electron chi connectivity index (χ3n) is 3.24. The minimum Gasteiger partial charge on any atom is -0.478 e. The Hall–Kier alpha value is -3.07. The topological polar surface area (TPSA) is 143 Å². The molecule has 0 amide bonds. The summed E-state index contributed by atoms with van der Waals surface area (Å²) < 4.78 is 25.2. The van der Waals surface area contributed by atoms with Crippen LogP contribution in [0.4, 0.5) is 0 Å². The molecule has 2 N–H and O–H groups in total. The van der Waals surface area contributed by atoms with Crippen LogP contribution in [-0.4, -0.2) is 42.1 Å². The molecule has 0 radical (unpaired) electrons. The number of hydrogen-bond acceptors (Lipinski definition) is 6. The van der Waals surface area contributed by atoms with Crippen molar-refractivity contribution in [3.8, 4) is 0 Å². The van der Waals surface area contributed by atoms with Crippen LogP contribution in [0.2, 0.25) is 0 Å². The first-order valence-corrected chi connectivity index (χ1v) is 7.89. The van der Waals surface area contributed by atoms with E-state index in [-0.39, 0.29) is 0 Å². The first kappa shape index (κ1) is 17.3. The summed E-state index contributed by atoms with van der Waals surface area (Å²) >= 11 is 0. The molecule has 0 fully saturated rings. The Kier molecular flexibility index (Phi) is 4.22. The summed E-state index contributed by atoms with van der Waals surface area (Å²) in [5.41, 5.74) is -1.67. The first-order valence-electron chi connectivity index (χ1n) is 6.40. The van der Waals surface area contributed by atoms with Gasteiger partial charge in [-0.3, -0.25) is 9.59 Å². The van der Waals surface area contributed by atoms with Crippen molar-refractivity contribution in [3.05, 3.63) is 52.0 Å². The lowest BCUT2D eigenvalue weighted by Crippen LogP contribution is -2.31. The Morgan fingerprint density at radius 1 is 0.958 bits per heavy atom.